The van der Waals surface area contributed by atoms with Crippen molar-refractivity contribution >= 4 is 6.29 Å². The lowest BCUT2D eigenvalue weighted by atomic mass is 10.6. The predicted molar refractivity (Wildman–Crippen MR) is 28.4 cm³/mol. The summed E-state index contributed by atoms with van der Waals surface area (Å²) < 4.78 is 0. The van der Waals surface area contributed by atoms with Crippen molar-refractivity contribution in [3.8, 4) is 0 Å². The van der Waals surface area contributed by atoms with Gasteiger partial charge in [0, 0.05) is 13.1 Å². The Bertz CT molecular complexity index is 192. The van der Waals surface area contributed by atoms with E-state index in [4.69, 9.17) is 0 Å². The van der Waals surface area contributed by atoms with Gasteiger partial charge in [-0.05, 0) is 0 Å². The maximum Gasteiger partial charge on any atom is 0.169 e. The highest BCUT2D eigenvalue weighted by atomic mass is 16.1. The largest absolute Gasteiger partial charge is 0.348 e. The van der Waals surface area contributed by atoms with Crippen LogP contribution in [0, 0.1) is 6.92 Å². The molecular formula is C5H5N2O. The molecule has 3 nitrogen and oxygen atoms in total. The van der Waals surface area contributed by atoms with Crippen LogP contribution in [0.5, 0.6) is 0 Å². The molecule has 1 rings (SSSR count). The van der Waals surface area contributed by atoms with Crippen LogP contribution in [0.25, 0.3) is 0 Å². The lowest BCUT2D eigenvalue weighted by Gasteiger charge is -1.70. The fourth-order valence-electron chi connectivity index (χ4n) is 0.438. The number of imidazole rings is 1. The molecule has 1 heterocycles. The molecule has 0 atom stereocenters. The molecule has 0 aromatic carbocycles. The van der Waals surface area contributed by atoms with Crippen molar-refractivity contribution < 1.29 is 4.79 Å². The topological polar surface area (TPSA) is 45.8 Å². The molecule has 0 spiro atoms. The zero-order chi connectivity index (χ0) is 5.98. The van der Waals surface area contributed by atoms with E-state index in [1.165, 1.54) is 6.20 Å². The van der Waals surface area contributed by atoms with Crippen molar-refractivity contribution in [3.63, 3.8) is 0 Å². The van der Waals surface area contributed by atoms with E-state index in [1.807, 2.05) is 0 Å². The molecular weight excluding hydrogens is 104 g/mol. The van der Waals surface area contributed by atoms with E-state index < -0.39 is 0 Å². The highest BCUT2D eigenvalue weighted by Gasteiger charge is 1.90. The second kappa shape index (κ2) is 1.78. The van der Waals surface area contributed by atoms with Crippen molar-refractivity contribution in [2.24, 2.45) is 0 Å². The molecule has 0 aliphatic carbocycles. The van der Waals surface area contributed by atoms with Crippen LogP contribution in [0.3, 0.4) is 0 Å². The van der Waals surface area contributed by atoms with Crippen LogP contribution in [-0.4, -0.2) is 16.3 Å². The van der Waals surface area contributed by atoms with Crippen molar-refractivity contribution in [3.05, 3.63) is 24.6 Å². The average Bonchev–Trinajstić information content (AvgIpc) is 2.14. The van der Waals surface area contributed by atoms with Gasteiger partial charge in [-0.1, -0.05) is 0 Å². The minimum Gasteiger partial charge on any atom is -0.348 e. The summed E-state index contributed by atoms with van der Waals surface area (Å²) in [5.74, 6) is 0.520. The molecule has 41 valence electrons. The van der Waals surface area contributed by atoms with Gasteiger partial charge in [-0.25, -0.2) is 4.98 Å². The average molecular weight is 109 g/mol. The van der Waals surface area contributed by atoms with Gasteiger partial charge in [-0.3, -0.25) is 4.79 Å². The lowest BCUT2D eigenvalue weighted by Crippen LogP contribution is -1.76. The Labute approximate surface area is 46.8 Å². The molecule has 1 aromatic heterocycles. The molecule has 1 radical (unpaired) electrons. The number of hydrogen-bond donors (Lipinski definition) is 1. The Morgan fingerprint density at radius 2 is 2.62 bits per heavy atom. The Kier molecular flexibility index (Phi) is 1.12. The highest BCUT2D eigenvalue weighted by molar-refractivity contribution is 5.71. The molecule has 0 bridgehead atoms. The summed E-state index contributed by atoms with van der Waals surface area (Å²) >= 11 is 0. The number of aromatic amines is 1. The number of nitrogens with zero attached hydrogens (tertiary/aromatic N) is 1. The summed E-state index contributed by atoms with van der Waals surface area (Å²) in [6.45, 7) is 3.46. The monoisotopic (exact) mass is 109 g/mol. The highest BCUT2D eigenvalue weighted by Crippen LogP contribution is 1.88. The minimum atomic E-state index is 0.398. The van der Waals surface area contributed by atoms with Gasteiger partial charge in [-0.15, -0.1) is 0 Å². The zero-order valence-corrected chi connectivity index (χ0v) is 4.22. The molecule has 1 aromatic rings. The number of carbonyl (C=O) groups excluding carboxylic acids is 1. The number of nitrogens with one attached hydrogen (secondary N) is 1. The fraction of sp³-hybridized carbons (Fsp3) is 0. The maximum absolute atomic E-state index is 9.91. The van der Waals surface area contributed by atoms with Gasteiger partial charge in [0.25, 0.3) is 0 Å². The Balaban J connectivity index is 3.00. The first kappa shape index (κ1) is 5.03. The van der Waals surface area contributed by atoms with E-state index in [2.05, 4.69) is 16.9 Å². The molecule has 1 N–H and O–H groups in total. The number of carbonyl (C=O) groups is 1. The Morgan fingerprint density at radius 3 is 2.88 bits per heavy atom. The Hall–Kier alpha value is -1.12. The standard InChI is InChI=1S/C5H5N2O/c1-4-6-2-5(3-8)7-4/h2-3H,1H2,(H,6,7). The number of hydrogen-bond acceptors (Lipinski definition) is 2. The third kappa shape index (κ3) is 0.753. The number of aldehydes is 1. The second-order valence-electron chi connectivity index (χ2n) is 1.39. The summed E-state index contributed by atoms with van der Waals surface area (Å²) in [4.78, 5) is 16.3. The van der Waals surface area contributed by atoms with Crippen LogP contribution in [0.4, 0.5) is 0 Å². The van der Waals surface area contributed by atoms with E-state index in [0.717, 1.165) is 0 Å². The van der Waals surface area contributed by atoms with E-state index in [0.29, 0.717) is 17.8 Å². The molecule has 3 heteroatoms. The van der Waals surface area contributed by atoms with Gasteiger partial charge >= 0.3 is 0 Å². The summed E-state index contributed by atoms with van der Waals surface area (Å²) in [7, 11) is 0. The smallest absolute Gasteiger partial charge is 0.169 e. The van der Waals surface area contributed by atoms with Crippen molar-refractivity contribution in [1.82, 2.24) is 9.97 Å². The van der Waals surface area contributed by atoms with Gasteiger partial charge in [0.2, 0.25) is 0 Å². The maximum atomic E-state index is 9.91. The second-order valence-corrected chi connectivity index (χ2v) is 1.39. The van der Waals surface area contributed by atoms with E-state index in [9.17, 15) is 4.79 Å². The summed E-state index contributed by atoms with van der Waals surface area (Å²) in [5.41, 5.74) is 0.398. The predicted octanol–water partition coefficient (Wildman–Crippen LogP) is 0.404. The normalized spacial score (nSPS) is 9.12. The molecule has 0 saturated carbocycles. The molecule has 0 aliphatic heterocycles. The van der Waals surface area contributed by atoms with Gasteiger partial charge in [0.1, 0.15) is 11.5 Å². The molecule has 0 unspecified atom stereocenters. The van der Waals surface area contributed by atoms with Crippen LogP contribution < -0.4 is 0 Å². The van der Waals surface area contributed by atoms with Crippen LogP contribution in [0.2, 0.25) is 0 Å². The third-order valence-corrected chi connectivity index (χ3v) is 0.771. The first-order chi connectivity index (χ1) is 3.83. The molecule has 8 heavy (non-hydrogen) atoms. The van der Waals surface area contributed by atoms with E-state index >= 15 is 0 Å². The van der Waals surface area contributed by atoms with Gasteiger partial charge < -0.3 is 4.98 Å². The molecule has 0 aliphatic rings. The minimum absolute atomic E-state index is 0.398. The van der Waals surface area contributed by atoms with E-state index in [1.54, 1.807) is 0 Å². The lowest BCUT2D eigenvalue weighted by molar-refractivity contribution is 0.111. The van der Waals surface area contributed by atoms with E-state index in [-0.39, 0.29) is 0 Å². The van der Waals surface area contributed by atoms with Crippen LogP contribution >= 0.6 is 0 Å². The zero-order valence-electron chi connectivity index (χ0n) is 4.22. The fourth-order valence-corrected chi connectivity index (χ4v) is 0.438. The third-order valence-electron chi connectivity index (χ3n) is 0.771. The first-order valence-corrected chi connectivity index (χ1v) is 2.15. The number of aromatic nitrogens is 2. The van der Waals surface area contributed by atoms with Gasteiger partial charge in [0.05, 0.1) is 0 Å². The van der Waals surface area contributed by atoms with Gasteiger partial charge in [-0.2, -0.15) is 0 Å². The number of H-pyrrole nitrogens is 1. The summed E-state index contributed by atoms with van der Waals surface area (Å²) in [5, 5.41) is 0. The Morgan fingerprint density at radius 1 is 1.88 bits per heavy atom. The summed E-state index contributed by atoms with van der Waals surface area (Å²) in [6.07, 6.45) is 2.18. The summed E-state index contributed by atoms with van der Waals surface area (Å²) in [6, 6.07) is 0. The van der Waals surface area contributed by atoms with Gasteiger partial charge in [0.15, 0.2) is 6.29 Å². The van der Waals surface area contributed by atoms with Crippen molar-refractivity contribution in [1.29, 1.82) is 0 Å². The first-order valence-electron chi connectivity index (χ1n) is 2.15. The molecule has 0 amide bonds. The van der Waals surface area contributed by atoms with Crippen LogP contribution in [0.15, 0.2) is 6.20 Å². The SMILES string of the molecule is [CH2]c1nc(C=O)c[nH]1. The van der Waals surface area contributed by atoms with Crippen LogP contribution in [-0.2, 0) is 0 Å². The number of rotatable bonds is 1. The van der Waals surface area contributed by atoms with Crippen molar-refractivity contribution in [2.75, 3.05) is 0 Å². The molecule has 0 saturated heterocycles. The van der Waals surface area contributed by atoms with Crippen LogP contribution in [0.1, 0.15) is 16.3 Å². The quantitative estimate of drug-likeness (QED) is 0.530. The van der Waals surface area contributed by atoms with Crippen molar-refractivity contribution in [2.45, 2.75) is 0 Å². The molecule has 0 fully saturated rings.